The molecule has 0 aliphatic carbocycles. The van der Waals surface area contributed by atoms with E-state index in [0.717, 1.165) is 19.4 Å². The molecule has 0 spiro atoms. The minimum Gasteiger partial charge on any atom is -0.381 e. The van der Waals surface area contributed by atoms with E-state index < -0.39 is 0 Å². The van der Waals surface area contributed by atoms with Crippen molar-refractivity contribution < 1.29 is 14.3 Å². The van der Waals surface area contributed by atoms with Crippen LogP contribution in [0.1, 0.15) is 30.1 Å². The highest BCUT2D eigenvalue weighted by Crippen LogP contribution is 2.19. The Balaban J connectivity index is 0.00000288. The molecule has 3 N–H and O–H groups in total. The molecule has 0 radical (unpaired) electrons. The number of anilines is 1. The lowest BCUT2D eigenvalue weighted by Crippen LogP contribution is -2.50. The summed E-state index contributed by atoms with van der Waals surface area (Å²) >= 11 is 0. The lowest BCUT2D eigenvalue weighted by Gasteiger charge is -2.37. The number of carbonyl (C=O) groups excluding carboxylic acids is 2. The lowest BCUT2D eigenvalue weighted by atomic mass is 9.99. The van der Waals surface area contributed by atoms with Crippen LogP contribution in [0.15, 0.2) is 24.3 Å². The van der Waals surface area contributed by atoms with Crippen LogP contribution in [0.3, 0.4) is 0 Å². The third-order valence-corrected chi connectivity index (χ3v) is 4.29. The standard InChI is InChI=1S/C17H25N3O3.ClH/c1-12(21)13-4-3-5-14(8-13)19-17(22)11-20-7-6-16(23-2)9-15(20)10-18;/h3-5,8,15-16H,6-7,9-11,18H2,1-2H3,(H,19,22);1H. The summed E-state index contributed by atoms with van der Waals surface area (Å²) in [6.45, 7) is 3.10. The number of piperidine rings is 1. The summed E-state index contributed by atoms with van der Waals surface area (Å²) in [5.41, 5.74) is 7.05. The van der Waals surface area contributed by atoms with Crippen LogP contribution < -0.4 is 11.1 Å². The molecule has 1 fully saturated rings. The molecular weight excluding hydrogens is 330 g/mol. The largest absolute Gasteiger partial charge is 0.381 e. The van der Waals surface area contributed by atoms with Gasteiger partial charge in [-0.05, 0) is 31.9 Å². The fraction of sp³-hybridized carbons (Fsp3) is 0.529. The number of nitrogens with zero attached hydrogens (tertiary/aromatic N) is 1. The van der Waals surface area contributed by atoms with Gasteiger partial charge in [-0.15, -0.1) is 12.4 Å². The van der Waals surface area contributed by atoms with E-state index in [4.69, 9.17) is 10.5 Å². The SMILES string of the molecule is COC1CCN(CC(=O)Nc2cccc(C(C)=O)c2)C(CN)C1.Cl. The molecule has 2 atom stereocenters. The van der Waals surface area contributed by atoms with Crippen LogP contribution in [0.25, 0.3) is 0 Å². The average Bonchev–Trinajstić information content (AvgIpc) is 2.55. The minimum atomic E-state index is -0.0972. The molecule has 1 aromatic rings. The number of nitrogens with two attached hydrogens (primary N) is 1. The van der Waals surface area contributed by atoms with Crippen LogP contribution >= 0.6 is 12.4 Å². The molecule has 1 saturated heterocycles. The minimum absolute atomic E-state index is 0. The van der Waals surface area contributed by atoms with E-state index in [2.05, 4.69) is 10.2 Å². The maximum Gasteiger partial charge on any atom is 0.238 e. The Morgan fingerprint density at radius 1 is 1.42 bits per heavy atom. The van der Waals surface area contributed by atoms with Crippen molar-refractivity contribution in [2.75, 3.05) is 32.1 Å². The Morgan fingerprint density at radius 3 is 2.79 bits per heavy atom. The van der Waals surface area contributed by atoms with Gasteiger partial charge in [0.1, 0.15) is 0 Å². The van der Waals surface area contributed by atoms with Crippen molar-refractivity contribution in [3.63, 3.8) is 0 Å². The molecule has 2 unspecified atom stereocenters. The molecule has 2 rings (SSSR count). The molecule has 1 aromatic carbocycles. The number of nitrogens with one attached hydrogen (secondary N) is 1. The quantitative estimate of drug-likeness (QED) is 0.758. The monoisotopic (exact) mass is 355 g/mol. The van der Waals surface area contributed by atoms with Crippen molar-refractivity contribution in [1.29, 1.82) is 0 Å². The summed E-state index contributed by atoms with van der Waals surface area (Å²) in [6.07, 6.45) is 1.97. The van der Waals surface area contributed by atoms with Crippen molar-refractivity contribution in [3.05, 3.63) is 29.8 Å². The molecule has 1 aliphatic heterocycles. The summed E-state index contributed by atoms with van der Waals surface area (Å²) < 4.78 is 5.39. The summed E-state index contributed by atoms with van der Waals surface area (Å²) in [5, 5.41) is 2.85. The Kier molecular flexibility index (Phi) is 8.35. The number of methoxy groups -OCH3 is 1. The van der Waals surface area contributed by atoms with Gasteiger partial charge < -0.3 is 15.8 Å². The number of ketones is 1. The van der Waals surface area contributed by atoms with E-state index in [1.807, 2.05) is 0 Å². The first-order valence-corrected chi connectivity index (χ1v) is 7.91. The number of Topliss-reactive ketones (excluding diaryl/α,β-unsaturated/α-hetero) is 1. The van der Waals surface area contributed by atoms with Gasteiger partial charge in [-0.1, -0.05) is 12.1 Å². The number of amides is 1. The molecular formula is C17H26ClN3O3. The van der Waals surface area contributed by atoms with Crippen LogP contribution in [-0.2, 0) is 9.53 Å². The first-order valence-electron chi connectivity index (χ1n) is 7.91. The van der Waals surface area contributed by atoms with Crippen LogP contribution in [0, 0.1) is 0 Å². The van der Waals surface area contributed by atoms with E-state index in [1.54, 1.807) is 31.4 Å². The van der Waals surface area contributed by atoms with Crippen molar-refractivity contribution in [1.82, 2.24) is 4.90 Å². The van der Waals surface area contributed by atoms with Gasteiger partial charge in [0.2, 0.25) is 5.91 Å². The maximum atomic E-state index is 12.3. The predicted molar refractivity (Wildman–Crippen MR) is 96.8 cm³/mol. The zero-order valence-electron chi connectivity index (χ0n) is 14.2. The summed E-state index contributed by atoms with van der Waals surface area (Å²) in [4.78, 5) is 25.8. The van der Waals surface area contributed by atoms with Crippen molar-refractivity contribution in [2.24, 2.45) is 5.73 Å². The highest BCUT2D eigenvalue weighted by molar-refractivity contribution is 5.97. The number of benzene rings is 1. The predicted octanol–water partition coefficient (Wildman–Crippen LogP) is 1.69. The fourth-order valence-electron chi connectivity index (χ4n) is 2.93. The van der Waals surface area contributed by atoms with Crippen molar-refractivity contribution in [3.8, 4) is 0 Å². The maximum absolute atomic E-state index is 12.3. The van der Waals surface area contributed by atoms with Gasteiger partial charge in [0, 0.05) is 37.5 Å². The second kappa shape index (κ2) is 9.74. The van der Waals surface area contributed by atoms with Crippen molar-refractivity contribution >= 4 is 29.8 Å². The summed E-state index contributed by atoms with van der Waals surface area (Å²) in [7, 11) is 1.71. The van der Waals surface area contributed by atoms with E-state index >= 15 is 0 Å². The molecule has 7 heteroatoms. The molecule has 1 heterocycles. The number of hydrogen-bond acceptors (Lipinski definition) is 5. The molecule has 24 heavy (non-hydrogen) atoms. The molecule has 0 bridgehead atoms. The van der Waals surface area contributed by atoms with Gasteiger partial charge in [-0.3, -0.25) is 14.5 Å². The van der Waals surface area contributed by atoms with Gasteiger partial charge >= 0.3 is 0 Å². The molecule has 134 valence electrons. The lowest BCUT2D eigenvalue weighted by molar-refractivity contribution is -0.118. The molecule has 1 aliphatic rings. The van der Waals surface area contributed by atoms with Gasteiger partial charge in [0.25, 0.3) is 0 Å². The van der Waals surface area contributed by atoms with E-state index in [0.29, 0.717) is 24.3 Å². The zero-order chi connectivity index (χ0) is 16.8. The smallest absolute Gasteiger partial charge is 0.238 e. The van der Waals surface area contributed by atoms with Crippen molar-refractivity contribution in [2.45, 2.75) is 31.9 Å². The van der Waals surface area contributed by atoms with Gasteiger partial charge in [0.15, 0.2) is 5.78 Å². The highest BCUT2D eigenvalue weighted by Gasteiger charge is 2.28. The Hall–Kier alpha value is -1.47. The number of likely N-dealkylation sites (tertiary alicyclic amines) is 1. The topological polar surface area (TPSA) is 84.7 Å². The first-order chi connectivity index (χ1) is 11.0. The molecule has 6 nitrogen and oxygen atoms in total. The fourth-order valence-corrected chi connectivity index (χ4v) is 2.93. The number of rotatable bonds is 6. The van der Waals surface area contributed by atoms with Gasteiger partial charge in [-0.25, -0.2) is 0 Å². The van der Waals surface area contributed by atoms with Crippen LogP contribution in [0.5, 0.6) is 0 Å². The first kappa shape index (κ1) is 20.6. The number of halogens is 1. The number of ether oxygens (including phenoxy) is 1. The second-order valence-electron chi connectivity index (χ2n) is 5.93. The van der Waals surface area contributed by atoms with E-state index in [1.165, 1.54) is 6.92 Å². The molecule has 0 saturated carbocycles. The number of carbonyl (C=O) groups is 2. The molecule has 0 aromatic heterocycles. The third kappa shape index (κ3) is 5.56. The Morgan fingerprint density at radius 2 is 2.17 bits per heavy atom. The summed E-state index contributed by atoms with van der Waals surface area (Å²) in [6, 6.07) is 7.12. The summed E-state index contributed by atoms with van der Waals surface area (Å²) in [5.74, 6) is -0.119. The number of hydrogen-bond donors (Lipinski definition) is 2. The third-order valence-electron chi connectivity index (χ3n) is 4.29. The van der Waals surface area contributed by atoms with E-state index in [9.17, 15) is 9.59 Å². The zero-order valence-corrected chi connectivity index (χ0v) is 15.0. The van der Waals surface area contributed by atoms with Gasteiger partial charge in [-0.2, -0.15) is 0 Å². The Bertz CT molecular complexity index is 568. The Labute approximate surface area is 149 Å². The van der Waals surface area contributed by atoms with Crippen LogP contribution in [0.4, 0.5) is 5.69 Å². The van der Waals surface area contributed by atoms with Gasteiger partial charge in [0.05, 0.1) is 12.6 Å². The van der Waals surface area contributed by atoms with E-state index in [-0.39, 0.29) is 36.2 Å². The average molecular weight is 356 g/mol. The second-order valence-corrected chi connectivity index (χ2v) is 5.93. The van der Waals surface area contributed by atoms with Crippen LogP contribution in [0.2, 0.25) is 0 Å². The highest BCUT2D eigenvalue weighted by atomic mass is 35.5. The molecule has 1 amide bonds. The van der Waals surface area contributed by atoms with Crippen LogP contribution in [-0.4, -0.2) is 55.5 Å². The normalized spacial score (nSPS) is 21.0.